The molecule has 4 amide bonds. The summed E-state index contributed by atoms with van der Waals surface area (Å²) in [5.74, 6) is -3.59. The normalized spacial score (nSPS) is 11.6. The maximum Gasteiger partial charge on any atom is 0.387 e. The summed E-state index contributed by atoms with van der Waals surface area (Å²) in [5.41, 5.74) is 4.63. The first-order valence-corrected chi connectivity index (χ1v) is 7.73. The van der Waals surface area contributed by atoms with Crippen LogP contribution in [0.3, 0.4) is 0 Å². The molecule has 0 saturated carbocycles. The van der Waals surface area contributed by atoms with E-state index in [9.17, 15) is 28.0 Å². The second kappa shape index (κ2) is 10.0. The van der Waals surface area contributed by atoms with Crippen LogP contribution in [-0.2, 0) is 14.3 Å². The van der Waals surface area contributed by atoms with E-state index >= 15 is 0 Å². The lowest BCUT2D eigenvalue weighted by atomic mass is 10.1. The van der Waals surface area contributed by atoms with Crippen molar-refractivity contribution in [3.05, 3.63) is 29.8 Å². The van der Waals surface area contributed by atoms with Gasteiger partial charge < -0.3 is 20.5 Å². The second-order valence-corrected chi connectivity index (χ2v) is 5.57. The molecule has 0 radical (unpaired) electrons. The fourth-order valence-electron chi connectivity index (χ4n) is 1.97. The van der Waals surface area contributed by atoms with E-state index in [1.165, 1.54) is 24.3 Å². The van der Waals surface area contributed by atoms with Crippen molar-refractivity contribution >= 4 is 23.8 Å². The Morgan fingerprint density at radius 3 is 2.33 bits per heavy atom. The van der Waals surface area contributed by atoms with Crippen molar-refractivity contribution in [2.24, 2.45) is 11.7 Å². The van der Waals surface area contributed by atoms with Gasteiger partial charge in [0.25, 0.3) is 11.8 Å². The molecule has 27 heavy (non-hydrogen) atoms. The Labute approximate surface area is 153 Å². The van der Waals surface area contributed by atoms with Crippen LogP contribution >= 0.6 is 0 Å². The highest BCUT2D eigenvalue weighted by Gasteiger charge is 2.27. The number of para-hydroxylation sites is 1. The van der Waals surface area contributed by atoms with E-state index < -0.39 is 49.0 Å². The molecule has 0 bridgehead atoms. The Morgan fingerprint density at radius 2 is 1.78 bits per heavy atom. The smallest absolute Gasteiger partial charge is 0.387 e. The van der Waals surface area contributed by atoms with E-state index in [1.54, 1.807) is 19.2 Å². The lowest BCUT2D eigenvalue weighted by molar-refractivity contribution is -0.157. The number of ether oxygens (including phenoxy) is 2. The number of alkyl halides is 2. The molecule has 1 unspecified atom stereocenters. The zero-order valence-electron chi connectivity index (χ0n) is 14.5. The van der Waals surface area contributed by atoms with Crippen LogP contribution in [-0.4, -0.2) is 43.1 Å². The molecule has 0 spiro atoms. The minimum Gasteiger partial charge on any atom is -0.451 e. The molecule has 148 valence electrons. The van der Waals surface area contributed by atoms with E-state index in [0.29, 0.717) is 0 Å². The molecule has 1 aromatic carbocycles. The van der Waals surface area contributed by atoms with Gasteiger partial charge in [0.15, 0.2) is 6.10 Å². The van der Waals surface area contributed by atoms with Gasteiger partial charge in [0.1, 0.15) is 12.3 Å². The fraction of sp³-hybridized carbons (Fsp3) is 0.375. The van der Waals surface area contributed by atoms with E-state index in [0.717, 1.165) is 0 Å². The molecule has 0 saturated heterocycles. The number of amides is 4. The number of nitrogens with two attached hydrogens (primary N) is 1. The Morgan fingerprint density at radius 1 is 1.15 bits per heavy atom. The van der Waals surface area contributed by atoms with Gasteiger partial charge in [-0.2, -0.15) is 8.78 Å². The SMILES string of the molecule is CC(C)C(OC(=O)CNC(=O)c1ccccc1OC(F)F)C(=O)NC(N)=O. The highest BCUT2D eigenvalue weighted by molar-refractivity contribution is 5.99. The van der Waals surface area contributed by atoms with E-state index in [-0.39, 0.29) is 11.3 Å². The van der Waals surface area contributed by atoms with Crippen LogP contribution in [0, 0.1) is 5.92 Å². The number of halogens is 2. The van der Waals surface area contributed by atoms with Crippen molar-refractivity contribution in [3.8, 4) is 5.75 Å². The van der Waals surface area contributed by atoms with Crippen molar-refractivity contribution in [1.29, 1.82) is 0 Å². The second-order valence-electron chi connectivity index (χ2n) is 5.57. The average molecular weight is 387 g/mol. The molecule has 1 aromatic rings. The Bertz CT molecular complexity index is 711. The van der Waals surface area contributed by atoms with Gasteiger partial charge in [0.2, 0.25) is 0 Å². The summed E-state index contributed by atoms with van der Waals surface area (Å²) < 4.78 is 33.9. The Balaban J connectivity index is 2.69. The molecule has 0 aliphatic carbocycles. The topological polar surface area (TPSA) is 137 Å². The molecular formula is C16H19F2N3O6. The summed E-state index contributed by atoms with van der Waals surface area (Å²) in [6.07, 6.45) is -1.31. The zero-order chi connectivity index (χ0) is 20.6. The van der Waals surface area contributed by atoms with Crippen LogP contribution in [0.25, 0.3) is 0 Å². The third-order valence-corrected chi connectivity index (χ3v) is 3.11. The van der Waals surface area contributed by atoms with Crippen LogP contribution in [0.1, 0.15) is 24.2 Å². The van der Waals surface area contributed by atoms with Gasteiger partial charge in [-0.3, -0.25) is 19.7 Å². The molecule has 1 rings (SSSR count). The van der Waals surface area contributed by atoms with Crippen molar-refractivity contribution < 1.29 is 37.4 Å². The van der Waals surface area contributed by atoms with Crippen LogP contribution in [0.2, 0.25) is 0 Å². The van der Waals surface area contributed by atoms with Gasteiger partial charge in [0.05, 0.1) is 5.56 Å². The number of hydrogen-bond acceptors (Lipinski definition) is 6. The monoisotopic (exact) mass is 387 g/mol. The Kier molecular flexibility index (Phi) is 8.11. The summed E-state index contributed by atoms with van der Waals surface area (Å²) in [6.45, 7) is -0.640. The van der Waals surface area contributed by atoms with Gasteiger partial charge >= 0.3 is 18.6 Å². The number of carbonyl (C=O) groups excluding carboxylic acids is 4. The number of carbonyl (C=O) groups is 4. The zero-order valence-corrected chi connectivity index (χ0v) is 14.5. The molecule has 9 nitrogen and oxygen atoms in total. The number of urea groups is 1. The maximum atomic E-state index is 12.4. The predicted octanol–water partition coefficient (Wildman–Crippen LogP) is 0.781. The number of benzene rings is 1. The molecule has 4 N–H and O–H groups in total. The summed E-state index contributed by atoms with van der Waals surface area (Å²) >= 11 is 0. The van der Waals surface area contributed by atoms with Crippen molar-refractivity contribution in [1.82, 2.24) is 10.6 Å². The summed E-state index contributed by atoms with van der Waals surface area (Å²) in [6, 6.07) is 4.12. The van der Waals surface area contributed by atoms with Gasteiger partial charge in [-0.1, -0.05) is 26.0 Å². The standard InChI is InChI=1S/C16H19F2N3O6/c1-8(2)12(14(24)21-16(19)25)27-11(22)7-20-13(23)9-5-3-4-6-10(9)26-15(17)18/h3-6,8,12,15H,7H2,1-2H3,(H,20,23)(H3,19,21,24,25). The minimum absolute atomic E-state index is 0.211. The van der Waals surface area contributed by atoms with Crippen LogP contribution < -0.4 is 21.1 Å². The first kappa shape index (κ1) is 21.8. The maximum absolute atomic E-state index is 12.4. The van der Waals surface area contributed by atoms with E-state index in [2.05, 4.69) is 10.1 Å². The molecule has 0 fully saturated rings. The van der Waals surface area contributed by atoms with Gasteiger partial charge in [-0.25, -0.2) is 4.79 Å². The molecule has 0 aromatic heterocycles. The minimum atomic E-state index is -3.13. The number of primary amides is 1. The quantitative estimate of drug-likeness (QED) is 0.564. The van der Waals surface area contributed by atoms with E-state index in [1.807, 2.05) is 0 Å². The highest BCUT2D eigenvalue weighted by Crippen LogP contribution is 2.20. The number of esters is 1. The number of nitrogens with one attached hydrogen (secondary N) is 2. The van der Waals surface area contributed by atoms with Gasteiger partial charge in [-0.15, -0.1) is 0 Å². The molecule has 0 aliphatic heterocycles. The Hall–Kier alpha value is -3.24. The van der Waals surface area contributed by atoms with Crippen LogP contribution in [0.4, 0.5) is 13.6 Å². The summed E-state index contributed by atoms with van der Waals surface area (Å²) in [4.78, 5) is 46.4. The molecule has 0 aliphatic rings. The molecule has 0 heterocycles. The van der Waals surface area contributed by atoms with Crippen molar-refractivity contribution in [3.63, 3.8) is 0 Å². The number of imide groups is 1. The lowest BCUT2D eigenvalue weighted by Gasteiger charge is -2.20. The summed E-state index contributed by atoms with van der Waals surface area (Å²) in [7, 11) is 0. The van der Waals surface area contributed by atoms with Gasteiger partial charge in [-0.05, 0) is 18.1 Å². The first-order valence-electron chi connectivity index (χ1n) is 7.73. The average Bonchev–Trinajstić information content (AvgIpc) is 2.56. The van der Waals surface area contributed by atoms with Crippen LogP contribution in [0.5, 0.6) is 5.75 Å². The number of hydrogen-bond donors (Lipinski definition) is 3. The van der Waals surface area contributed by atoms with Crippen molar-refractivity contribution in [2.45, 2.75) is 26.6 Å². The first-order chi connectivity index (χ1) is 12.6. The lowest BCUT2D eigenvalue weighted by Crippen LogP contribution is -2.46. The largest absolute Gasteiger partial charge is 0.451 e. The highest BCUT2D eigenvalue weighted by atomic mass is 19.3. The van der Waals surface area contributed by atoms with Gasteiger partial charge in [0, 0.05) is 0 Å². The third kappa shape index (κ3) is 7.26. The molecule has 11 heteroatoms. The van der Waals surface area contributed by atoms with E-state index in [4.69, 9.17) is 10.5 Å². The number of rotatable bonds is 8. The predicted molar refractivity (Wildman–Crippen MR) is 87.9 cm³/mol. The molecule has 1 atom stereocenters. The summed E-state index contributed by atoms with van der Waals surface area (Å²) in [5, 5.41) is 3.97. The fourth-order valence-corrected chi connectivity index (χ4v) is 1.97. The third-order valence-electron chi connectivity index (χ3n) is 3.11. The van der Waals surface area contributed by atoms with Crippen LogP contribution in [0.15, 0.2) is 24.3 Å². The van der Waals surface area contributed by atoms with Crippen molar-refractivity contribution in [2.75, 3.05) is 6.54 Å². The molecular weight excluding hydrogens is 368 g/mol.